The number of nitrogens with zero attached hydrogens (tertiary/aromatic N) is 1. The Morgan fingerprint density at radius 1 is 1.43 bits per heavy atom. The third-order valence-electron chi connectivity index (χ3n) is 2.83. The van der Waals surface area contributed by atoms with Crippen molar-refractivity contribution in [3.8, 4) is 9.88 Å². The molecule has 0 saturated carbocycles. The monoisotopic (exact) mass is 324 g/mol. The lowest BCUT2D eigenvalue weighted by atomic mass is 10.1. The Morgan fingerprint density at radius 3 is 3.00 bits per heavy atom. The highest BCUT2D eigenvalue weighted by Gasteiger charge is 2.11. The van der Waals surface area contributed by atoms with Crippen LogP contribution in [-0.2, 0) is 4.74 Å². The van der Waals surface area contributed by atoms with Crippen molar-refractivity contribution in [1.82, 2.24) is 10.3 Å². The number of aromatic nitrogens is 1. The summed E-state index contributed by atoms with van der Waals surface area (Å²) >= 11 is 3.04. The average molecular weight is 324 g/mol. The van der Waals surface area contributed by atoms with E-state index in [1.807, 2.05) is 17.5 Å². The summed E-state index contributed by atoms with van der Waals surface area (Å²) in [6, 6.07) is 3.99. The standard InChI is InChI=1S/C15H20N2O2S2/c1-11(2)5-7-19-8-6-16-14(18)13-10-17-15(21-13)12-4-3-9-20-12/h3-4,9-11H,5-8H2,1-2H3,(H,16,18). The summed E-state index contributed by atoms with van der Waals surface area (Å²) in [5, 5.41) is 5.75. The van der Waals surface area contributed by atoms with E-state index >= 15 is 0 Å². The first kappa shape index (κ1) is 16.1. The molecule has 0 aliphatic carbocycles. The molecule has 2 aromatic heterocycles. The van der Waals surface area contributed by atoms with Crippen molar-refractivity contribution in [1.29, 1.82) is 0 Å². The minimum atomic E-state index is -0.0808. The lowest BCUT2D eigenvalue weighted by molar-refractivity contribution is 0.0909. The van der Waals surface area contributed by atoms with E-state index in [4.69, 9.17) is 4.74 Å². The molecule has 21 heavy (non-hydrogen) atoms. The van der Waals surface area contributed by atoms with Crippen molar-refractivity contribution in [2.45, 2.75) is 20.3 Å². The van der Waals surface area contributed by atoms with Gasteiger partial charge >= 0.3 is 0 Å². The van der Waals surface area contributed by atoms with Gasteiger partial charge in [-0.05, 0) is 23.8 Å². The van der Waals surface area contributed by atoms with Gasteiger partial charge in [0.2, 0.25) is 0 Å². The molecule has 0 spiro atoms. The quantitative estimate of drug-likeness (QED) is 0.754. The Hall–Kier alpha value is -1.24. The van der Waals surface area contributed by atoms with Gasteiger partial charge in [-0.1, -0.05) is 19.9 Å². The Morgan fingerprint density at radius 2 is 2.29 bits per heavy atom. The van der Waals surface area contributed by atoms with Crippen molar-refractivity contribution in [3.05, 3.63) is 28.6 Å². The van der Waals surface area contributed by atoms with Gasteiger partial charge in [0.1, 0.15) is 9.88 Å². The topological polar surface area (TPSA) is 51.2 Å². The van der Waals surface area contributed by atoms with Crippen molar-refractivity contribution < 1.29 is 9.53 Å². The van der Waals surface area contributed by atoms with Gasteiger partial charge in [-0.25, -0.2) is 4.98 Å². The first-order valence-electron chi connectivity index (χ1n) is 7.02. The smallest absolute Gasteiger partial charge is 0.263 e. The van der Waals surface area contributed by atoms with E-state index in [0.717, 1.165) is 22.9 Å². The number of thiazole rings is 1. The van der Waals surface area contributed by atoms with Gasteiger partial charge in [0, 0.05) is 13.2 Å². The van der Waals surface area contributed by atoms with Crippen LogP contribution in [-0.4, -0.2) is 30.6 Å². The predicted molar refractivity (Wildman–Crippen MR) is 88.0 cm³/mol. The summed E-state index contributed by atoms with van der Waals surface area (Å²) in [6.07, 6.45) is 2.68. The molecule has 2 heterocycles. The van der Waals surface area contributed by atoms with Crippen LogP contribution in [0.2, 0.25) is 0 Å². The number of nitrogens with one attached hydrogen (secondary N) is 1. The molecule has 0 bridgehead atoms. The maximum Gasteiger partial charge on any atom is 0.263 e. The van der Waals surface area contributed by atoms with Gasteiger partial charge in [-0.2, -0.15) is 0 Å². The largest absolute Gasteiger partial charge is 0.380 e. The molecule has 0 aromatic carbocycles. The highest BCUT2D eigenvalue weighted by Crippen LogP contribution is 2.28. The maximum atomic E-state index is 12.0. The van der Waals surface area contributed by atoms with E-state index in [-0.39, 0.29) is 5.91 Å². The second kappa shape index (κ2) is 8.26. The van der Waals surface area contributed by atoms with Crippen LogP contribution in [0.5, 0.6) is 0 Å². The summed E-state index contributed by atoms with van der Waals surface area (Å²) in [5.74, 6) is 0.565. The molecule has 2 aromatic rings. The molecular weight excluding hydrogens is 304 g/mol. The number of thiophene rings is 1. The van der Waals surface area contributed by atoms with Crippen molar-refractivity contribution in [2.24, 2.45) is 5.92 Å². The zero-order chi connectivity index (χ0) is 15.1. The number of ether oxygens (including phenoxy) is 1. The molecule has 1 amide bonds. The Bertz CT molecular complexity index is 550. The van der Waals surface area contributed by atoms with E-state index in [2.05, 4.69) is 24.1 Å². The Labute approximate surface area is 133 Å². The fourth-order valence-corrected chi connectivity index (χ4v) is 3.27. The number of hydrogen-bond acceptors (Lipinski definition) is 5. The minimum Gasteiger partial charge on any atom is -0.380 e. The highest BCUT2D eigenvalue weighted by molar-refractivity contribution is 7.21. The predicted octanol–water partition coefficient (Wildman–Crippen LogP) is 3.66. The first-order valence-corrected chi connectivity index (χ1v) is 8.72. The molecule has 0 fully saturated rings. The SMILES string of the molecule is CC(C)CCOCCNC(=O)c1cnc(-c2cccs2)s1. The van der Waals surface area contributed by atoms with Crippen LogP contribution in [0.15, 0.2) is 23.7 Å². The molecule has 0 aliphatic rings. The summed E-state index contributed by atoms with van der Waals surface area (Å²) < 4.78 is 5.47. The summed E-state index contributed by atoms with van der Waals surface area (Å²) in [7, 11) is 0. The van der Waals surface area contributed by atoms with Crippen LogP contribution in [0.3, 0.4) is 0 Å². The molecule has 0 atom stereocenters. The van der Waals surface area contributed by atoms with E-state index in [1.54, 1.807) is 17.5 Å². The van der Waals surface area contributed by atoms with Crippen LogP contribution in [0, 0.1) is 5.92 Å². The summed E-state index contributed by atoms with van der Waals surface area (Å²) in [6.45, 7) is 6.16. The van der Waals surface area contributed by atoms with E-state index in [1.165, 1.54) is 11.3 Å². The molecule has 2 rings (SSSR count). The van der Waals surface area contributed by atoms with Crippen LogP contribution in [0.1, 0.15) is 29.9 Å². The Balaban J connectivity index is 1.71. The molecule has 0 unspecified atom stereocenters. The number of carbonyl (C=O) groups excluding carboxylic acids is 1. The van der Waals surface area contributed by atoms with Crippen LogP contribution in [0.4, 0.5) is 0 Å². The number of amides is 1. The third-order valence-corrected chi connectivity index (χ3v) is 4.87. The summed E-state index contributed by atoms with van der Waals surface area (Å²) in [5.41, 5.74) is 0. The van der Waals surface area contributed by atoms with Gasteiger partial charge in [0.25, 0.3) is 5.91 Å². The summed E-state index contributed by atoms with van der Waals surface area (Å²) in [4.78, 5) is 18.0. The minimum absolute atomic E-state index is 0.0808. The molecule has 0 aliphatic heterocycles. The Kier molecular flexibility index (Phi) is 6.35. The zero-order valence-electron chi connectivity index (χ0n) is 12.3. The second-order valence-corrected chi connectivity index (χ2v) is 7.04. The lowest BCUT2D eigenvalue weighted by Crippen LogP contribution is -2.26. The normalized spacial score (nSPS) is 11.0. The molecule has 0 saturated heterocycles. The molecular formula is C15H20N2O2S2. The van der Waals surface area contributed by atoms with Gasteiger partial charge in [-0.3, -0.25) is 4.79 Å². The van der Waals surface area contributed by atoms with Crippen LogP contribution in [0.25, 0.3) is 9.88 Å². The molecule has 6 heteroatoms. The van der Waals surface area contributed by atoms with E-state index in [0.29, 0.717) is 23.9 Å². The van der Waals surface area contributed by atoms with E-state index in [9.17, 15) is 4.79 Å². The molecule has 1 N–H and O–H groups in total. The fraction of sp³-hybridized carbons (Fsp3) is 0.467. The zero-order valence-corrected chi connectivity index (χ0v) is 13.9. The third kappa shape index (κ3) is 5.22. The van der Waals surface area contributed by atoms with Gasteiger partial charge in [-0.15, -0.1) is 22.7 Å². The number of rotatable bonds is 8. The average Bonchev–Trinajstić information content (AvgIpc) is 3.11. The second-order valence-electron chi connectivity index (χ2n) is 5.06. The number of carbonyl (C=O) groups is 1. The molecule has 114 valence electrons. The highest BCUT2D eigenvalue weighted by atomic mass is 32.1. The molecule has 0 radical (unpaired) electrons. The van der Waals surface area contributed by atoms with Gasteiger partial charge < -0.3 is 10.1 Å². The van der Waals surface area contributed by atoms with Crippen LogP contribution >= 0.6 is 22.7 Å². The lowest BCUT2D eigenvalue weighted by Gasteiger charge is -2.06. The first-order chi connectivity index (χ1) is 10.2. The van der Waals surface area contributed by atoms with Crippen molar-refractivity contribution in [3.63, 3.8) is 0 Å². The molecule has 4 nitrogen and oxygen atoms in total. The van der Waals surface area contributed by atoms with Crippen LogP contribution < -0.4 is 5.32 Å². The van der Waals surface area contributed by atoms with Crippen molar-refractivity contribution in [2.75, 3.05) is 19.8 Å². The van der Waals surface area contributed by atoms with Crippen molar-refractivity contribution >= 4 is 28.6 Å². The maximum absolute atomic E-state index is 12.0. The van der Waals surface area contributed by atoms with Gasteiger partial charge in [0.05, 0.1) is 17.7 Å². The van der Waals surface area contributed by atoms with E-state index < -0.39 is 0 Å². The number of hydrogen-bond donors (Lipinski definition) is 1. The fourth-order valence-electron chi connectivity index (χ4n) is 1.64. The van der Waals surface area contributed by atoms with Gasteiger partial charge in [0.15, 0.2) is 0 Å².